The van der Waals surface area contributed by atoms with E-state index in [2.05, 4.69) is 0 Å². The van der Waals surface area contributed by atoms with Gasteiger partial charge in [-0.15, -0.1) is 0 Å². The van der Waals surface area contributed by atoms with Gasteiger partial charge in [0.15, 0.2) is 0 Å². The van der Waals surface area contributed by atoms with Gasteiger partial charge in [0.1, 0.15) is 4.90 Å². The Balaban J connectivity index is 2.22. The molecule has 0 aliphatic carbocycles. The molecule has 0 fully saturated rings. The standard InChI is InChI=1S/C19H15ClF3NO4S/c20-15-5-1-2-6-17(15)29(27,28)24-14(4-3-7-18(25)26)11-12-10-13(19(21,22)23)8-9-16(12)24/h1-2,5-6,8-11H,3-4,7H2,(H,25,26). The van der Waals surface area contributed by atoms with E-state index in [4.69, 9.17) is 16.7 Å². The summed E-state index contributed by atoms with van der Waals surface area (Å²) in [6.45, 7) is 0. The number of hydrogen-bond donors (Lipinski definition) is 1. The Labute approximate surface area is 169 Å². The first kappa shape index (κ1) is 21.2. The summed E-state index contributed by atoms with van der Waals surface area (Å²) in [6.07, 6.45) is -4.62. The molecule has 0 aliphatic heterocycles. The van der Waals surface area contributed by atoms with E-state index in [0.29, 0.717) is 0 Å². The summed E-state index contributed by atoms with van der Waals surface area (Å²) in [4.78, 5) is 10.6. The van der Waals surface area contributed by atoms with Gasteiger partial charge in [-0.2, -0.15) is 13.2 Å². The van der Waals surface area contributed by atoms with Crippen LogP contribution in [0.3, 0.4) is 0 Å². The molecule has 29 heavy (non-hydrogen) atoms. The lowest BCUT2D eigenvalue weighted by molar-refractivity contribution is -0.138. The molecule has 5 nitrogen and oxygen atoms in total. The van der Waals surface area contributed by atoms with Gasteiger partial charge in [-0.05, 0) is 49.2 Å². The Hall–Kier alpha value is -2.52. The highest BCUT2D eigenvalue weighted by Gasteiger charge is 2.32. The molecule has 0 saturated carbocycles. The van der Waals surface area contributed by atoms with E-state index in [9.17, 15) is 26.4 Å². The van der Waals surface area contributed by atoms with Crippen molar-refractivity contribution in [3.63, 3.8) is 0 Å². The Morgan fingerprint density at radius 3 is 2.41 bits per heavy atom. The van der Waals surface area contributed by atoms with Crippen molar-refractivity contribution in [2.75, 3.05) is 0 Å². The highest BCUT2D eigenvalue weighted by Crippen LogP contribution is 2.35. The minimum atomic E-state index is -4.58. The van der Waals surface area contributed by atoms with E-state index in [1.807, 2.05) is 0 Å². The van der Waals surface area contributed by atoms with Gasteiger partial charge < -0.3 is 5.11 Å². The van der Waals surface area contributed by atoms with E-state index < -0.39 is 27.7 Å². The van der Waals surface area contributed by atoms with Crippen LogP contribution in [0.15, 0.2) is 53.4 Å². The van der Waals surface area contributed by atoms with E-state index in [1.165, 1.54) is 24.3 Å². The first-order chi connectivity index (χ1) is 13.5. The van der Waals surface area contributed by atoms with Crippen molar-refractivity contribution in [1.82, 2.24) is 3.97 Å². The molecule has 0 spiro atoms. The number of alkyl halides is 3. The van der Waals surface area contributed by atoms with Crippen molar-refractivity contribution in [3.05, 3.63) is 64.8 Å². The topological polar surface area (TPSA) is 76.4 Å². The van der Waals surface area contributed by atoms with Crippen LogP contribution in [-0.2, 0) is 27.4 Å². The van der Waals surface area contributed by atoms with Crippen LogP contribution in [0, 0.1) is 0 Å². The average Bonchev–Trinajstić information content (AvgIpc) is 2.99. The first-order valence-corrected chi connectivity index (χ1v) is 10.3. The summed E-state index contributed by atoms with van der Waals surface area (Å²) >= 11 is 6.04. The second-order valence-corrected chi connectivity index (χ2v) is 8.52. The molecule has 0 amide bonds. The Bertz CT molecular complexity index is 1190. The molecule has 1 heterocycles. The smallest absolute Gasteiger partial charge is 0.416 e. The zero-order valence-corrected chi connectivity index (χ0v) is 16.4. The summed E-state index contributed by atoms with van der Waals surface area (Å²) < 4.78 is 66.7. The van der Waals surface area contributed by atoms with Crippen LogP contribution < -0.4 is 0 Å². The lowest BCUT2D eigenvalue weighted by Crippen LogP contribution is -2.16. The number of hydrogen-bond acceptors (Lipinski definition) is 3. The number of rotatable bonds is 6. The number of aryl methyl sites for hydroxylation is 1. The van der Waals surface area contributed by atoms with Crippen molar-refractivity contribution in [2.24, 2.45) is 0 Å². The maximum Gasteiger partial charge on any atom is 0.416 e. The molecule has 0 unspecified atom stereocenters. The molecule has 0 radical (unpaired) electrons. The molecule has 0 bridgehead atoms. The molecule has 0 atom stereocenters. The molecule has 154 valence electrons. The van der Waals surface area contributed by atoms with Gasteiger partial charge in [-0.3, -0.25) is 4.79 Å². The summed E-state index contributed by atoms with van der Waals surface area (Å²) in [7, 11) is -4.23. The molecular weight excluding hydrogens is 431 g/mol. The van der Waals surface area contributed by atoms with E-state index in [0.717, 1.165) is 22.2 Å². The Kier molecular flexibility index (Phi) is 5.64. The van der Waals surface area contributed by atoms with Gasteiger partial charge in [0, 0.05) is 17.5 Å². The molecule has 0 saturated heterocycles. The van der Waals surface area contributed by atoms with E-state index in [1.54, 1.807) is 6.07 Å². The number of aliphatic carboxylic acids is 1. The molecule has 3 aromatic rings. The average molecular weight is 446 g/mol. The lowest BCUT2D eigenvalue weighted by Gasteiger charge is -2.13. The number of halogens is 4. The first-order valence-electron chi connectivity index (χ1n) is 8.45. The van der Waals surface area contributed by atoms with Crippen LogP contribution in [0.25, 0.3) is 10.9 Å². The number of aromatic nitrogens is 1. The lowest BCUT2D eigenvalue weighted by atomic mass is 10.1. The number of carboxylic acid groups (broad SMARTS) is 1. The fourth-order valence-electron chi connectivity index (χ4n) is 3.05. The van der Waals surface area contributed by atoms with Crippen molar-refractivity contribution >= 4 is 38.5 Å². The third-order valence-electron chi connectivity index (χ3n) is 4.34. The predicted octanol–water partition coefficient (Wildman–Crippen LogP) is 4.96. The maximum absolute atomic E-state index is 13.3. The highest BCUT2D eigenvalue weighted by molar-refractivity contribution is 7.90. The van der Waals surface area contributed by atoms with Crippen LogP contribution in [0.1, 0.15) is 24.1 Å². The van der Waals surface area contributed by atoms with E-state index in [-0.39, 0.29) is 45.8 Å². The molecule has 2 aromatic carbocycles. The zero-order valence-electron chi connectivity index (χ0n) is 14.8. The van der Waals surface area contributed by atoms with Crippen molar-refractivity contribution in [2.45, 2.75) is 30.3 Å². The normalized spacial score (nSPS) is 12.4. The number of nitrogens with zero attached hydrogens (tertiary/aromatic N) is 1. The van der Waals surface area contributed by atoms with Crippen molar-refractivity contribution < 1.29 is 31.5 Å². The molecular formula is C19H15ClF3NO4S. The SMILES string of the molecule is O=C(O)CCCc1cc2cc(C(F)(F)F)ccc2n1S(=O)(=O)c1ccccc1Cl. The Morgan fingerprint density at radius 2 is 1.79 bits per heavy atom. The zero-order chi connectivity index (χ0) is 21.4. The second kappa shape index (κ2) is 7.72. The summed E-state index contributed by atoms with van der Waals surface area (Å²) in [5, 5.41) is 8.89. The number of fused-ring (bicyclic) bond motifs is 1. The van der Waals surface area contributed by atoms with Crippen molar-refractivity contribution in [1.29, 1.82) is 0 Å². The largest absolute Gasteiger partial charge is 0.481 e. The van der Waals surface area contributed by atoms with Gasteiger partial charge >= 0.3 is 12.1 Å². The van der Waals surface area contributed by atoms with Crippen LogP contribution in [0.4, 0.5) is 13.2 Å². The maximum atomic E-state index is 13.3. The summed E-state index contributed by atoms with van der Waals surface area (Å²) in [5.74, 6) is -1.05. The van der Waals surface area contributed by atoms with Gasteiger partial charge in [0.25, 0.3) is 10.0 Å². The third kappa shape index (κ3) is 4.25. The fourth-order valence-corrected chi connectivity index (χ4v) is 5.12. The Morgan fingerprint density at radius 1 is 1.10 bits per heavy atom. The monoisotopic (exact) mass is 445 g/mol. The third-order valence-corrected chi connectivity index (χ3v) is 6.60. The van der Waals surface area contributed by atoms with Gasteiger partial charge in [-0.25, -0.2) is 12.4 Å². The minimum absolute atomic E-state index is 0.0299. The molecule has 10 heteroatoms. The molecule has 0 aliphatic rings. The van der Waals surface area contributed by atoms with Gasteiger partial charge in [-0.1, -0.05) is 23.7 Å². The highest BCUT2D eigenvalue weighted by atomic mass is 35.5. The number of carbonyl (C=O) groups is 1. The minimum Gasteiger partial charge on any atom is -0.481 e. The molecule has 1 aromatic heterocycles. The van der Waals surface area contributed by atoms with Gasteiger partial charge in [0.2, 0.25) is 0 Å². The van der Waals surface area contributed by atoms with Crippen LogP contribution in [-0.4, -0.2) is 23.5 Å². The van der Waals surface area contributed by atoms with Crippen LogP contribution >= 0.6 is 11.6 Å². The second-order valence-electron chi connectivity index (χ2n) is 6.35. The van der Waals surface area contributed by atoms with Gasteiger partial charge in [0.05, 0.1) is 16.1 Å². The predicted molar refractivity (Wildman–Crippen MR) is 102 cm³/mol. The summed E-state index contributed by atoms with van der Waals surface area (Å²) in [6, 6.07) is 9.83. The molecule has 3 rings (SSSR count). The number of benzene rings is 2. The molecule has 1 N–H and O–H groups in total. The van der Waals surface area contributed by atoms with E-state index >= 15 is 0 Å². The fraction of sp³-hybridized carbons (Fsp3) is 0.211. The number of carboxylic acids is 1. The summed E-state index contributed by atoms with van der Waals surface area (Å²) in [5.41, 5.74) is -0.668. The van der Waals surface area contributed by atoms with Crippen LogP contribution in [0.2, 0.25) is 5.02 Å². The quantitative estimate of drug-likeness (QED) is 0.582. The van der Waals surface area contributed by atoms with Crippen molar-refractivity contribution in [3.8, 4) is 0 Å². The van der Waals surface area contributed by atoms with Crippen LogP contribution in [0.5, 0.6) is 0 Å².